The molecular weight excluding hydrogens is 512 g/mol. The van der Waals surface area contributed by atoms with Crippen molar-refractivity contribution in [1.29, 1.82) is 0 Å². The fourth-order valence-corrected chi connectivity index (χ4v) is 8.54. The van der Waals surface area contributed by atoms with Crippen LogP contribution < -0.4 is 0 Å². The molecule has 2 aliphatic heterocycles. The van der Waals surface area contributed by atoms with Crippen LogP contribution in [0, 0.1) is 29.1 Å². The molecule has 40 heavy (non-hydrogen) atoms. The minimum atomic E-state index is -1.29. The minimum Gasteiger partial charge on any atom is -0.462 e. The Hall–Kier alpha value is -2.71. The van der Waals surface area contributed by atoms with Crippen molar-refractivity contribution >= 4 is 17.9 Å². The van der Waals surface area contributed by atoms with E-state index in [0.29, 0.717) is 48.8 Å². The summed E-state index contributed by atoms with van der Waals surface area (Å²) in [6, 6.07) is 0. The van der Waals surface area contributed by atoms with Crippen molar-refractivity contribution in [3.8, 4) is 0 Å². The predicted molar refractivity (Wildman–Crippen MR) is 146 cm³/mol. The average Bonchev–Trinajstić information content (AvgIpc) is 2.93. The maximum Gasteiger partial charge on any atom is 0.333 e. The quantitative estimate of drug-likeness (QED) is 0.304. The van der Waals surface area contributed by atoms with E-state index < -0.39 is 52.3 Å². The van der Waals surface area contributed by atoms with Crippen molar-refractivity contribution in [1.82, 2.24) is 0 Å². The highest BCUT2D eigenvalue weighted by Crippen LogP contribution is 2.66. The van der Waals surface area contributed by atoms with Gasteiger partial charge < -0.3 is 24.4 Å². The summed E-state index contributed by atoms with van der Waals surface area (Å²) in [5.74, 6) is -2.67. The molecule has 2 N–H and O–H groups in total. The van der Waals surface area contributed by atoms with Gasteiger partial charge in [-0.25, -0.2) is 9.59 Å². The molecule has 8 nitrogen and oxygen atoms in total. The summed E-state index contributed by atoms with van der Waals surface area (Å²) in [7, 11) is 0. The van der Waals surface area contributed by atoms with Crippen molar-refractivity contribution < 1.29 is 38.8 Å². The van der Waals surface area contributed by atoms with E-state index in [9.17, 15) is 24.6 Å². The van der Waals surface area contributed by atoms with Gasteiger partial charge in [-0.15, -0.1) is 0 Å². The number of hydrogen-bond acceptors (Lipinski definition) is 8. The third kappa shape index (κ3) is 4.38. The monoisotopic (exact) mass is 554 g/mol. The molecule has 2 saturated carbocycles. The van der Waals surface area contributed by atoms with E-state index in [0.717, 1.165) is 0 Å². The van der Waals surface area contributed by atoms with Gasteiger partial charge in [-0.3, -0.25) is 4.79 Å². The van der Waals surface area contributed by atoms with Gasteiger partial charge in [0.1, 0.15) is 17.8 Å². The zero-order valence-corrected chi connectivity index (χ0v) is 24.4. The SMILES string of the molecule is C=C1[C@@H]2C[C@]3(O)C=C4C=CC(=O)OC(C)(C)[C@@H]4[C@H](OC(C)=O)C[C@H]3[C@]2(C)CC[C@@]1(O)[C@H](C)[C@H]1CC=C(C)C(=O)O1. The van der Waals surface area contributed by atoms with Gasteiger partial charge >= 0.3 is 17.9 Å². The van der Waals surface area contributed by atoms with E-state index in [2.05, 4.69) is 13.5 Å². The zero-order chi connectivity index (χ0) is 29.4. The first-order chi connectivity index (χ1) is 18.5. The summed E-state index contributed by atoms with van der Waals surface area (Å²) in [6.45, 7) is 15.2. The Morgan fingerprint density at radius 2 is 1.88 bits per heavy atom. The van der Waals surface area contributed by atoms with Gasteiger partial charge in [0.2, 0.25) is 0 Å². The molecule has 0 unspecified atom stereocenters. The van der Waals surface area contributed by atoms with Gasteiger partial charge in [-0.2, -0.15) is 0 Å². The highest BCUT2D eigenvalue weighted by atomic mass is 16.6. The Kier molecular flexibility index (Phi) is 6.78. The molecule has 5 aliphatic rings. The highest BCUT2D eigenvalue weighted by molar-refractivity contribution is 5.88. The van der Waals surface area contributed by atoms with E-state index in [1.807, 2.05) is 19.1 Å². The number of esters is 3. The number of allylic oxidation sites excluding steroid dienone is 1. The Morgan fingerprint density at radius 3 is 2.52 bits per heavy atom. The third-order valence-electron chi connectivity index (χ3n) is 10.8. The van der Waals surface area contributed by atoms with Crippen molar-refractivity contribution in [2.24, 2.45) is 29.1 Å². The number of cyclic esters (lactones) is 2. The molecule has 8 heteroatoms. The van der Waals surface area contributed by atoms with Crippen LogP contribution in [0.1, 0.15) is 73.6 Å². The number of ether oxygens (including phenoxy) is 3. The number of carbonyl (C=O) groups excluding carboxylic acids is 3. The molecule has 0 aromatic heterocycles. The maximum atomic E-state index is 12.4. The van der Waals surface area contributed by atoms with Gasteiger partial charge in [0.25, 0.3) is 0 Å². The van der Waals surface area contributed by atoms with Crippen molar-refractivity contribution in [2.45, 2.75) is 103 Å². The molecule has 0 spiro atoms. The van der Waals surface area contributed by atoms with Gasteiger partial charge in [0, 0.05) is 36.8 Å². The molecule has 0 radical (unpaired) electrons. The summed E-state index contributed by atoms with van der Waals surface area (Å²) in [6.07, 6.45) is 7.86. The van der Waals surface area contributed by atoms with Crippen LogP contribution in [0.5, 0.6) is 0 Å². The van der Waals surface area contributed by atoms with E-state index in [-0.39, 0.29) is 23.7 Å². The number of fused-ring (bicyclic) bond motifs is 4. The minimum absolute atomic E-state index is 0.229. The molecular formula is C32H42O8. The molecule has 0 aromatic rings. The van der Waals surface area contributed by atoms with Crippen LogP contribution in [0.15, 0.2) is 47.6 Å². The fourth-order valence-electron chi connectivity index (χ4n) is 8.54. The smallest absolute Gasteiger partial charge is 0.333 e. The Balaban J connectivity index is 1.53. The molecule has 9 atom stereocenters. The summed E-state index contributed by atoms with van der Waals surface area (Å²) >= 11 is 0. The lowest BCUT2D eigenvalue weighted by molar-refractivity contribution is -0.166. The number of aliphatic hydroxyl groups is 2. The standard InChI is InChI=1S/C32H42O8/c1-17-8-10-23(39-28(17)35)19(3)32(37)13-12-30(7)22(18(32)2)16-31(36)15-21-9-11-26(34)40-29(5,6)27(21)24(14-25(30)31)38-20(4)33/h8-9,11,15,19,22-25,27,36-37H,2,10,12-14,16H2,1,3-7H3/t19-,22+,23-,24-,25+,27+,30-,31-,32+/m1/s1. The van der Waals surface area contributed by atoms with Crippen molar-refractivity contribution in [3.05, 3.63) is 47.6 Å². The second kappa shape index (κ2) is 9.41. The molecule has 218 valence electrons. The van der Waals surface area contributed by atoms with Crippen LogP contribution in [0.3, 0.4) is 0 Å². The molecule has 0 saturated heterocycles. The predicted octanol–water partition coefficient (Wildman–Crippen LogP) is 4.11. The van der Waals surface area contributed by atoms with Gasteiger partial charge in [-0.1, -0.05) is 32.6 Å². The molecule has 5 rings (SSSR count). The van der Waals surface area contributed by atoms with Crippen molar-refractivity contribution in [3.63, 3.8) is 0 Å². The first-order valence-electron chi connectivity index (χ1n) is 14.3. The third-order valence-corrected chi connectivity index (χ3v) is 10.8. The lowest BCUT2D eigenvalue weighted by Crippen LogP contribution is -2.54. The largest absolute Gasteiger partial charge is 0.462 e. The van der Waals surface area contributed by atoms with Crippen LogP contribution >= 0.6 is 0 Å². The molecule has 0 aromatic carbocycles. The fraction of sp³-hybridized carbons (Fsp3) is 0.656. The Labute approximate surface area is 236 Å². The van der Waals surface area contributed by atoms with Gasteiger partial charge in [-0.05, 0) is 75.0 Å². The molecule has 2 heterocycles. The Bertz CT molecular complexity index is 1240. The van der Waals surface area contributed by atoms with Crippen LogP contribution in [0.4, 0.5) is 0 Å². The van der Waals surface area contributed by atoms with Crippen LogP contribution in [-0.4, -0.2) is 57.1 Å². The van der Waals surface area contributed by atoms with Gasteiger partial charge in [0.15, 0.2) is 0 Å². The van der Waals surface area contributed by atoms with Crippen LogP contribution in [0.25, 0.3) is 0 Å². The second-order valence-electron chi connectivity index (χ2n) is 13.5. The summed E-state index contributed by atoms with van der Waals surface area (Å²) < 4.78 is 17.3. The lowest BCUT2D eigenvalue weighted by atomic mass is 9.55. The van der Waals surface area contributed by atoms with E-state index in [1.165, 1.54) is 13.0 Å². The highest BCUT2D eigenvalue weighted by Gasteiger charge is 2.66. The lowest BCUT2D eigenvalue weighted by Gasteiger charge is -2.52. The Morgan fingerprint density at radius 1 is 1.18 bits per heavy atom. The first-order valence-corrected chi connectivity index (χ1v) is 14.3. The van der Waals surface area contributed by atoms with Crippen molar-refractivity contribution in [2.75, 3.05) is 0 Å². The topological polar surface area (TPSA) is 119 Å². The number of rotatable bonds is 3. The van der Waals surface area contributed by atoms with Crippen LogP contribution in [0.2, 0.25) is 0 Å². The van der Waals surface area contributed by atoms with E-state index in [4.69, 9.17) is 14.2 Å². The van der Waals surface area contributed by atoms with E-state index >= 15 is 0 Å². The van der Waals surface area contributed by atoms with Gasteiger partial charge in [0.05, 0.1) is 17.1 Å². The van der Waals surface area contributed by atoms with E-state index in [1.54, 1.807) is 26.8 Å². The van der Waals surface area contributed by atoms with Crippen LogP contribution in [-0.2, 0) is 28.6 Å². The summed E-state index contributed by atoms with van der Waals surface area (Å²) in [5, 5.41) is 24.5. The molecule has 0 bridgehead atoms. The average molecular weight is 555 g/mol. The second-order valence-corrected chi connectivity index (χ2v) is 13.5. The number of hydrogen-bond donors (Lipinski definition) is 2. The molecule has 2 fully saturated rings. The summed E-state index contributed by atoms with van der Waals surface area (Å²) in [5.41, 5.74) is -2.07. The summed E-state index contributed by atoms with van der Waals surface area (Å²) in [4.78, 5) is 36.9. The zero-order valence-electron chi connectivity index (χ0n) is 24.4. The molecule has 3 aliphatic carbocycles. The molecule has 0 amide bonds. The number of carbonyl (C=O) groups is 3. The normalized spacial score (nSPS) is 43.0. The maximum absolute atomic E-state index is 12.4. The first kappa shape index (κ1) is 28.8.